The number of nitrogens with two attached hydrogens (primary N) is 2. The van der Waals surface area contributed by atoms with Gasteiger partial charge in [0.25, 0.3) is 0 Å². The third kappa shape index (κ3) is 5.18. The maximum Gasteiger partial charge on any atom is 0.325 e. The molecule has 3 saturated heterocycles. The molecule has 3 aliphatic rings. The molecule has 3 aliphatic heterocycles. The van der Waals surface area contributed by atoms with Crippen LogP contribution in [0.3, 0.4) is 0 Å². The Morgan fingerprint density at radius 1 is 0.841 bits per heavy atom. The Balaban J connectivity index is 1.17. The highest BCUT2D eigenvalue weighted by Gasteiger charge is 2.52. The molecule has 4 aromatic rings. The summed E-state index contributed by atoms with van der Waals surface area (Å²) in [5.74, 6) is 0.0968. The molecule has 0 spiro atoms. The van der Waals surface area contributed by atoms with Gasteiger partial charge in [-0.15, -0.1) is 0 Å². The number of alkyl halides is 2. The monoisotopic (exact) mass is 672 g/mol. The van der Waals surface area contributed by atoms with E-state index in [-0.39, 0.29) is 34.0 Å². The van der Waals surface area contributed by atoms with E-state index in [1.54, 1.807) is 0 Å². The van der Waals surface area contributed by atoms with Crippen LogP contribution in [0.15, 0.2) is 25.3 Å². The first-order chi connectivity index (χ1) is 20.9. The van der Waals surface area contributed by atoms with Gasteiger partial charge < -0.3 is 51.5 Å². The maximum absolute atomic E-state index is 16.0. The summed E-state index contributed by atoms with van der Waals surface area (Å²) < 4.78 is 81.0. The van der Waals surface area contributed by atoms with Gasteiger partial charge in [0.15, 0.2) is 47.7 Å². The minimum Gasteiger partial charge on any atom is -0.444 e. The van der Waals surface area contributed by atoms with E-state index in [1.165, 1.54) is 21.8 Å². The number of halogens is 2. The van der Waals surface area contributed by atoms with E-state index in [1.807, 2.05) is 0 Å². The van der Waals surface area contributed by atoms with E-state index < -0.39 is 76.6 Å². The molecular formula is C20H21BF2N10O8P2S-. The van der Waals surface area contributed by atoms with Gasteiger partial charge in [-0.25, -0.2) is 38.7 Å². The Bertz CT molecular complexity index is 1710. The fourth-order valence-electron chi connectivity index (χ4n) is 5.20. The Kier molecular flexibility index (Phi) is 7.43. The second-order valence-electron chi connectivity index (χ2n) is 9.92. The van der Waals surface area contributed by atoms with Crippen molar-refractivity contribution in [2.45, 2.75) is 49.2 Å². The van der Waals surface area contributed by atoms with Crippen molar-refractivity contribution in [3.8, 4) is 0 Å². The van der Waals surface area contributed by atoms with Crippen molar-refractivity contribution in [1.82, 2.24) is 39.0 Å². The lowest BCUT2D eigenvalue weighted by Crippen LogP contribution is -2.37. The average Bonchev–Trinajstić information content (AvgIpc) is 3.73. The summed E-state index contributed by atoms with van der Waals surface area (Å²) in [4.78, 5) is 34.9. The van der Waals surface area contributed by atoms with Crippen LogP contribution < -0.4 is 11.5 Å². The van der Waals surface area contributed by atoms with Gasteiger partial charge in [-0.2, -0.15) is 0 Å². The van der Waals surface area contributed by atoms with Crippen LogP contribution in [0.4, 0.5) is 20.4 Å². The molecule has 233 valence electrons. The van der Waals surface area contributed by atoms with E-state index in [0.29, 0.717) is 0 Å². The molecule has 0 amide bonds. The molecule has 44 heavy (non-hydrogen) atoms. The molecule has 24 heteroatoms. The van der Waals surface area contributed by atoms with E-state index in [0.717, 1.165) is 12.7 Å². The van der Waals surface area contributed by atoms with Crippen molar-refractivity contribution in [1.29, 1.82) is 0 Å². The Labute approximate surface area is 251 Å². The second-order valence-corrected chi connectivity index (χ2v) is 14.3. The predicted molar refractivity (Wildman–Crippen MR) is 149 cm³/mol. The standard InChI is InChI=1S/C20H21BF2N10O8P2S/c21-42(34)36-1-7-14(10(23)20(38-7)33-6-31-12-16(25)27-4-29-18(12)33)41-43(35,44)37-2-8-13(40-42)9(22)19(39-8)32-5-30-11-15(24)26-3-28-17(11)32/h3-10,13-14,19-20H,1-2H2,(H,35,44)(H2,24,26,28)(H2,25,27,29)/q-1/t7-,8-,9+,10?,13?,14+,19-,20-,42+,43?/m1/s1. The van der Waals surface area contributed by atoms with Gasteiger partial charge in [-0.3, -0.25) is 13.7 Å². The summed E-state index contributed by atoms with van der Waals surface area (Å²) >= 11 is 5.14. The van der Waals surface area contributed by atoms with Crippen LogP contribution in [0.1, 0.15) is 12.5 Å². The molecule has 18 nitrogen and oxygen atoms in total. The van der Waals surface area contributed by atoms with Crippen molar-refractivity contribution in [2.24, 2.45) is 0 Å². The SMILES string of the molecule is [B-][P@]1(=O)OC[C@H]2O[C@@H](n3cnc4c(N)ncnc43)C(F)[C@H]2OP(O)(=S)OC[C@H]2O[C@@H](n3cnc4c(N)ncnc43)[C@@H](F)C2O1. The summed E-state index contributed by atoms with van der Waals surface area (Å²) in [5, 5.41) is 0. The summed E-state index contributed by atoms with van der Waals surface area (Å²) in [6.45, 7) is -5.58. The Morgan fingerprint density at radius 3 is 1.84 bits per heavy atom. The number of aromatic nitrogens is 8. The number of nitrogen functional groups attached to an aromatic ring is 2. The minimum absolute atomic E-state index is 0.0472. The van der Waals surface area contributed by atoms with Gasteiger partial charge >= 0.3 is 6.72 Å². The molecule has 3 fully saturated rings. The first kappa shape index (κ1) is 29.9. The Hall–Kier alpha value is -2.78. The maximum atomic E-state index is 16.0. The van der Waals surface area contributed by atoms with Crippen LogP contribution in [0.2, 0.25) is 0 Å². The van der Waals surface area contributed by atoms with Crippen LogP contribution in [-0.4, -0.2) is 101 Å². The normalized spacial score (nSPS) is 38.3. The van der Waals surface area contributed by atoms with Gasteiger partial charge in [0.2, 0.25) is 0 Å². The van der Waals surface area contributed by atoms with Crippen molar-refractivity contribution < 1.29 is 45.8 Å². The van der Waals surface area contributed by atoms with Crippen LogP contribution in [0.25, 0.3) is 22.3 Å². The number of hydrogen-bond acceptors (Lipinski definition) is 16. The number of rotatable bonds is 2. The molecule has 0 bridgehead atoms. The second kappa shape index (κ2) is 10.9. The molecule has 0 saturated carbocycles. The fourth-order valence-corrected chi connectivity index (χ4v) is 7.64. The molecule has 5 N–H and O–H groups in total. The average molecular weight is 672 g/mol. The number of fused-ring (bicyclic) bond motifs is 4. The molecule has 7 heterocycles. The zero-order valence-electron chi connectivity index (χ0n) is 22.0. The first-order valence-electron chi connectivity index (χ1n) is 12.7. The number of ether oxygens (including phenoxy) is 2. The van der Waals surface area contributed by atoms with E-state index >= 15 is 8.78 Å². The lowest BCUT2D eigenvalue weighted by Gasteiger charge is -2.34. The van der Waals surface area contributed by atoms with Gasteiger partial charge in [0.05, 0.1) is 33.3 Å². The molecule has 0 aromatic carbocycles. The van der Waals surface area contributed by atoms with Crippen molar-refractivity contribution in [3.05, 3.63) is 25.3 Å². The zero-order chi connectivity index (χ0) is 31.0. The fraction of sp³-hybridized carbons (Fsp3) is 0.500. The van der Waals surface area contributed by atoms with Crippen molar-refractivity contribution >= 4 is 67.5 Å². The van der Waals surface area contributed by atoms with E-state index in [2.05, 4.69) is 29.9 Å². The van der Waals surface area contributed by atoms with E-state index in [9.17, 15) is 9.46 Å². The number of nitrogens with zero attached hydrogens (tertiary/aromatic N) is 8. The molecule has 0 aliphatic carbocycles. The number of hydrogen-bond donors (Lipinski definition) is 3. The highest BCUT2D eigenvalue weighted by Crippen LogP contribution is 2.54. The van der Waals surface area contributed by atoms with Crippen LogP contribution >= 0.6 is 14.2 Å². The first-order valence-corrected chi connectivity index (χ1v) is 16.9. The quantitative estimate of drug-likeness (QED) is 0.196. The zero-order valence-corrected chi connectivity index (χ0v) is 24.6. The van der Waals surface area contributed by atoms with Gasteiger partial charge in [-0.1, -0.05) is 0 Å². The van der Waals surface area contributed by atoms with Gasteiger partial charge in [0, 0.05) is 0 Å². The smallest absolute Gasteiger partial charge is 0.325 e. The highest BCUT2D eigenvalue weighted by atomic mass is 32.5. The number of anilines is 2. The molecule has 10 atom stereocenters. The molecule has 4 aromatic heterocycles. The largest absolute Gasteiger partial charge is 0.444 e. The van der Waals surface area contributed by atoms with Crippen molar-refractivity contribution in [3.63, 3.8) is 0 Å². The van der Waals surface area contributed by atoms with Crippen LogP contribution in [0.5, 0.6) is 0 Å². The summed E-state index contributed by atoms with van der Waals surface area (Å²) in [5.41, 5.74) is 12.3. The summed E-state index contributed by atoms with van der Waals surface area (Å²) in [6.07, 6.45) is -8.19. The minimum atomic E-state index is -4.57. The third-order valence-electron chi connectivity index (χ3n) is 7.20. The Morgan fingerprint density at radius 2 is 1.32 bits per heavy atom. The lowest BCUT2D eigenvalue weighted by atomic mass is 10.1. The van der Waals surface area contributed by atoms with Gasteiger partial charge in [0.1, 0.15) is 48.1 Å². The topological polar surface area (TPSA) is 232 Å². The molecular weight excluding hydrogens is 651 g/mol. The molecule has 7 rings (SSSR count). The summed E-state index contributed by atoms with van der Waals surface area (Å²) in [6, 6.07) is 0. The van der Waals surface area contributed by atoms with Crippen LogP contribution in [0, 0.1) is 0 Å². The third-order valence-corrected chi connectivity index (χ3v) is 9.81. The van der Waals surface area contributed by atoms with Gasteiger partial charge in [-0.05, 0) is 11.8 Å². The lowest BCUT2D eigenvalue weighted by molar-refractivity contribution is -0.0566. The van der Waals surface area contributed by atoms with E-state index in [4.69, 9.17) is 58.4 Å². The molecule has 3 unspecified atom stereocenters. The summed E-state index contributed by atoms with van der Waals surface area (Å²) in [7, 11) is 1.26. The highest BCUT2D eigenvalue weighted by molar-refractivity contribution is 8.07. The van der Waals surface area contributed by atoms with Crippen molar-refractivity contribution in [2.75, 3.05) is 24.7 Å². The van der Waals surface area contributed by atoms with Crippen LogP contribution in [-0.2, 0) is 43.9 Å². The molecule has 3 radical (unpaired) electrons. The predicted octanol–water partition coefficient (Wildman–Crippen LogP) is 0.612. The number of imidazole rings is 2.